The summed E-state index contributed by atoms with van der Waals surface area (Å²) in [4.78, 5) is 22.5. The number of rotatable bonds is 2. The Kier molecular flexibility index (Phi) is 3.00. The first-order chi connectivity index (χ1) is 7.65. The van der Waals surface area contributed by atoms with Crippen molar-refractivity contribution in [3.05, 3.63) is 5.01 Å². The number of anilines is 1. The minimum Gasteiger partial charge on any atom is -0.374 e. The number of aromatic nitrogens is 2. The lowest BCUT2D eigenvalue weighted by molar-refractivity contribution is -0.122. The average Bonchev–Trinajstić information content (AvgIpc) is 2.68. The van der Waals surface area contributed by atoms with Crippen LogP contribution in [0.15, 0.2) is 0 Å². The summed E-state index contributed by atoms with van der Waals surface area (Å²) in [6.45, 7) is 0.457. The smallest absolute Gasteiger partial charge is 0.282 e. The van der Waals surface area contributed by atoms with Gasteiger partial charge in [-0.05, 0) is 6.42 Å². The lowest BCUT2D eigenvalue weighted by Gasteiger charge is -2.22. The van der Waals surface area contributed by atoms with Crippen molar-refractivity contribution < 1.29 is 9.59 Å². The van der Waals surface area contributed by atoms with Crippen molar-refractivity contribution in [1.82, 2.24) is 20.8 Å². The van der Waals surface area contributed by atoms with E-state index in [0.29, 0.717) is 19.4 Å². The van der Waals surface area contributed by atoms with Crippen LogP contribution in [0.5, 0.6) is 0 Å². The Morgan fingerprint density at radius 3 is 2.94 bits per heavy atom. The molecule has 8 heteroatoms. The molecule has 0 saturated carbocycles. The maximum absolute atomic E-state index is 11.6. The molecular weight excluding hydrogens is 230 g/mol. The average molecular weight is 241 g/mol. The van der Waals surface area contributed by atoms with Crippen LogP contribution < -0.4 is 16.4 Å². The molecule has 1 unspecified atom stereocenters. The van der Waals surface area contributed by atoms with Crippen LogP contribution in [-0.2, 0) is 4.79 Å². The fraction of sp³-hybridized carbons (Fsp3) is 0.500. The second kappa shape index (κ2) is 4.44. The zero-order valence-corrected chi connectivity index (χ0v) is 9.21. The molecule has 1 aromatic rings. The van der Waals surface area contributed by atoms with Crippen molar-refractivity contribution in [2.75, 3.05) is 12.3 Å². The molecule has 0 radical (unpaired) electrons. The van der Waals surface area contributed by atoms with E-state index in [1.807, 2.05) is 0 Å². The van der Waals surface area contributed by atoms with Gasteiger partial charge in [-0.15, -0.1) is 10.2 Å². The van der Waals surface area contributed by atoms with Crippen LogP contribution in [0.3, 0.4) is 0 Å². The molecule has 4 N–H and O–H groups in total. The predicted molar refractivity (Wildman–Crippen MR) is 57.8 cm³/mol. The zero-order valence-electron chi connectivity index (χ0n) is 8.40. The van der Waals surface area contributed by atoms with Crippen molar-refractivity contribution in [3.63, 3.8) is 0 Å². The van der Waals surface area contributed by atoms with Crippen LogP contribution in [0, 0.1) is 0 Å². The SMILES string of the molecule is Nc1nnc(C(=O)NC2CCC(=O)NC2)s1. The summed E-state index contributed by atoms with van der Waals surface area (Å²) in [6.07, 6.45) is 1.08. The molecule has 0 aromatic carbocycles. The largest absolute Gasteiger partial charge is 0.374 e. The van der Waals surface area contributed by atoms with Gasteiger partial charge in [0.25, 0.3) is 5.91 Å². The second-order valence-electron chi connectivity index (χ2n) is 3.46. The number of hydrogen-bond acceptors (Lipinski definition) is 6. The first-order valence-corrected chi connectivity index (χ1v) is 5.63. The highest BCUT2D eigenvalue weighted by molar-refractivity contribution is 7.16. The quantitative estimate of drug-likeness (QED) is 0.623. The van der Waals surface area contributed by atoms with E-state index < -0.39 is 0 Å². The van der Waals surface area contributed by atoms with Gasteiger partial charge in [0.1, 0.15) is 0 Å². The van der Waals surface area contributed by atoms with Gasteiger partial charge in [0.05, 0.1) is 0 Å². The molecule has 1 saturated heterocycles. The summed E-state index contributed by atoms with van der Waals surface area (Å²) in [5.74, 6) is -0.277. The van der Waals surface area contributed by atoms with Crippen LogP contribution in [0.4, 0.5) is 5.13 Å². The van der Waals surface area contributed by atoms with Gasteiger partial charge in [0.2, 0.25) is 16.0 Å². The molecular formula is C8H11N5O2S. The molecule has 7 nitrogen and oxygen atoms in total. The van der Waals surface area contributed by atoms with Gasteiger partial charge in [-0.1, -0.05) is 11.3 Å². The standard InChI is InChI=1S/C8H11N5O2S/c9-8-13-12-7(16-8)6(15)11-4-1-2-5(14)10-3-4/h4H,1-3H2,(H2,9,13)(H,10,14)(H,11,15). The Balaban J connectivity index is 1.90. The Hall–Kier alpha value is -1.70. The molecule has 86 valence electrons. The first kappa shape index (κ1) is 10.8. The molecule has 16 heavy (non-hydrogen) atoms. The number of piperidine rings is 1. The predicted octanol–water partition coefficient (Wildman–Crippen LogP) is -0.871. The number of nitrogen functional groups attached to an aromatic ring is 1. The van der Waals surface area contributed by atoms with Gasteiger partial charge in [-0.3, -0.25) is 9.59 Å². The van der Waals surface area contributed by atoms with Gasteiger partial charge in [0.15, 0.2) is 0 Å². The number of hydrogen-bond donors (Lipinski definition) is 3. The molecule has 0 bridgehead atoms. The first-order valence-electron chi connectivity index (χ1n) is 4.81. The normalized spacial score (nSPS) is 20.2. The number of nitrogens with zero attached hydrogens (tertiary/aromatic N) is 2. The highest BCUT2D eigenvalue weighted by Crippen LogP contribution is 2.11. The van der Waals surface area contributed by atoms with Crippen molar-refractivity contribution in [1.29, 1.82) is 0 Å². The number of amides is 2. The van der Waals surface area contributed by atoms with Crippen LogP contribution in [0.2, 0.25) is 0 Å². The van der Waals surface area contributed by atoms with E-state index in [0.717, 1.165) is 11.3 Å². The number of carbonyl (C=O) groups excluding carboxylic acids is 2. The monoisotopic (exact) mass is 241 g/mol. The van der Waals surface area contributed by atoms with E-state index in [1.165, 1.54) is 0 Å². The Bertz CT molecular complexity index is 408. The third-order valence-electron chi connectivity index (χ3n) is 2.24. The summed E-state index contributed by atoms with van der Waals surface area (Å²) in [7, 11) is 0. The lowest BCUT2D eigenvalue weighted by atomic mass is 10.1. The van der Waals surface area contributed by atoms with Crippen LogP contribution >= 0.6 is 11.3 Å². The molecule has 0 spiro atoms. The van der Waals surface area contributed by atoms with Gasteiger partial charge in [-0.25, -0.2) is 0 Å². The Labute approximate surface area is 95.4 Å². The van der Waals surface area contributed by atoms with Crippen LogP contribution in [0.25, 0.3) is 0 Å². The van der Waals surface area contributed by atoms with Crippen molar-refractivity contribution in [3.8, 4) is 0 Å². The van der Waals surface area contributed by atoms with Gasteiger partial charge >= 0.3 is 0 Å². The number of nitrogens with two attached hydrogens (primary N) is 1. The summed E-state index contributed by atoms with van der Waals surface area (Å²) >= 11 is 1.04. The maximum Gasteiger partial charge on any atom is 0.282 e. The molecule has 2 amide bonds. The van der Waals surface area contributed by atoms with Gasteiger partial charge in [-0.2, -0.15) is 0 Å². The van der Waals surface area contributed by atoms with Crippen molar-refractivity contribution in [2.24, 2.45) is 0 Å². The molecule has 1 aromatic heterocycles. The van der Waals surface area contributed by atoms with Crippen molar-refractivity contribution >= 4 is 28.3 Å². The zero-order chi connectivity index (χ0) is 11.5. The Morgan fingerprint density at radius 1 is 1.56 bits per heavy atom. The van der Waals surface area contributed by atoms with E-state index in [-0.39, 0.29) is 28.0 Å². The third kappa shape index (κ3) is 2.45. The van der Waals surface area contributed by atoms with Crippen LogP contribution in [0.1, 0.15) is 22.6 Å². The molecule has 1 fully saturated rings. The topological polar surface area (TPSA) is 110 Å². The third-order valence-corrected chi connectivity index (χ3v) is 2.99. The van der Waals surface area contributed by atoms with Crippen molar-refractivity contribution in [2.45, 2.75) is 18.9 Å². The fourth-order valence-electron chi connectivity index (χ4n) is 1.43. The summed E-state index contributed by atoms with van der Waals surface area (Å²) in [5, 5.41) is 13.2. The second-order valence-corrected chi connectivity index (χ2v) is 4.47. The highest BCUT2D eigenvalue weighted by Gasteiger charge is 2.21. The van der Waals surface area contributed by atoms with E-state index in [2.05, 4.69) is 20.8 Å². The molecule has 1 aliphatic rings. The van der Waals surface area contributed by atoms with E-state index in [4.69, 9.17) is 5.73 Å². The van der Waals surface area contributed by atoms with Crippen LogP contribution in [-0.4, -0.2) is 34.6 Å². The number of carbonyl (C=O) groups is 2. The molecule has 1 aliphatic heterocycles. The lowest BCUT2D eigenvalue weighted by Crippen LogP contribution is -2.47. The molecule has 2 rings (SSSR count). The highest BCUT2D eigenvalue weighted by atomic mass is 32.1. The van der Waals surface area contributed by atoms with Gasteiger partial charge in [0, 0.05) is 19.0 Å². The van der Waals surface area contributed by atoms with E-state index >= 15 is 0 Å². The minimum absolute atomic E-state index is 0.0191. The van der Waals surface area contributed by atoms with Gasteiger partial charge < -0.3 is 16.4 Å². The Morgan fingerprint density at radius 2 is 2.38 bits per heavy atom. The minimum atomic E-state index is -0.296. The summed E-state index contributed by atoms with van der Waals surface area (Å²) < 4.78 is 0. The molecule has 2 heterocycles. The maximum atomic E-state index is 11.6. The molecule has 0 aliphatic carbocycles. The van der Waals surface area contributed by atoms with E-state index in [1.54, 1.807) is 0 Å². The molecule has 1 atom stereocenters. The van der Waals surface area contributed by atoms with E-state index in [9.17, 15) is 9.59 Å². The fourth-order valence-corrected chi connectivity index (χ4v) is 1.94. The summed E-state index contributed by atoms with van der Waals surface area (Å²) in [6, 6.07) is -0.0460. The summed E-state index contributed by atoms with van der Waals surface area (Å²) in [5.41, 5.74) is 5.38. The number of nitrogens with one attached hydrogen (secondary N) is 2.